The lowest BCUT2D eigenvalue weighted by atomic mass is 9.90. The van der Waals surface area contributed by atoms with E-state index < -0.39 is 0 Å². The molecule has 3 heteroatoms. The number of hydrogen-bond donors (Lipinski definition) is 1. The van der Waals surface area contributed by atoms with Crippen LogP contribution in [-0.4, -0.2) is 18.4 Å². The molecule has 140 valence electrons. The number of ether oxygens (including phenoxy) is 1. The summed E-state index contributed by atoms with van der Waals surface area (Å²) in [5.74, 6) is -0.148. The lowest BCUT2D eigenvalue weighted by Crippen LogP contribution is -2.23. The second-order valence-corrected chi connectivity index (χ2v) is 7.22. The summed E-state index contributed by atoms with van der Waals surface area (Å²) in [6.45, 7) is 4.88. The maximum atomic E-state index is 12.9. The summed E-state index contributed by atoms with van der Waals surface area (Å²) in [6, 6.07) is 22.4. The Kier molecular flexibility index (Phi) is 6.38. The quantitative estimate of drug-likeness (QED) is 0.637. The maximum Gasteiger partial charge on any atom is 0.145 e. The molecule has 1 atom stereocenters. The van der Waals surface area contributed by atoms with Crippen molar-refractivity contribution < 1.29 is 9.53 Å². The number of rotatable bonds is 8. The molecule has 0 aliphatic carbocycles. The molecular weight excluding hydrogens is 334 g/mol. The Morgan fingerprint density at radius 2 is 1.70 bits per heavy atom. The minimum Gasteiger partial charge on any atom is -0.374 e. The third-order valence-corrected chi connectivity index (χ3v) is 4.75. The monoisotopic (exact) mass is 361 g/mol. The molecule has 0 spiro atoms. The summed E-state index contributed by atoms with van der Waals surface area (Å²) in [5.41, 5.74) is 9.03. The fraction of sp³-hybridized carbons (Fsp3) is 0.292. The number of Topliss-reactive ketones (excluding diaryl/α,β-unsaturated/α-hetero) is 1. The van der Waals surface area contributed by atoms with Crippen LogP contribution in [0.1, 0.15) is 36.5 Å². The number of carbonyl (C=O) groups excluding carboxylic acids is 1. The standard InChI is InChI=1S/C24H27NO2/c1-17(2)27-16-19-6-5-9-22(13-19)23(15-25)24(26)14-18-10-11-20-7-3-4-8-21(20)12-18/h3-13,17,23H,14-16,25H2,1-2H3/t23-/m1/s1. The van der Waals surface area contributed by atoms with Gasteiger partial charge in [0.15, 0.2) is 0 Å². The summed E-state index contributed by atoms with van der Waals surface area (Å²) in [5, 5.41) is 2.34. The summed E-state index contributed by atoms with van der Waals surface area (Å²) in [6.07, 6.45) is 0.563. The molecule has 0 saturated carbocycles. The van der Waals surface area contributed by atoms with E-state index in [1.54, 1.807) is 0 Å². The summed E-state index contributed by atoms with van der Waals surface area (Å²) in [4.78, 5) is 12.9. The van der Waals surface area contributed by atoms with Crippen LogP contribution in [-0.2, 0) is 22.6 Å². The van der Waals surface area contributed by atoms with Gasteiger partial charge in [-0.05, 0) is 41.3 Å². The van der Waals surface area contributed by atoms with Crippen LogP contribution >= 0.6 is 0 Å². The van der Waals surface area contributed by atoms with Crippen LogP contribution in [0.3, 0.4) is 0 Å². The zero-order valence-corrected chi connectivity index (χ0v) is 16.0. The number of ketones is 1. The zero-order valence-electron chi connectivity index (χ0n) is 16.0. The first-order valence-electron chi connectivity index (χ1n) is 9.47. The molecule has 3 rings (SSSR count). The minimum atomic E-state index is -0.296. The van der Waals surface area contributed by atoms with Crippen LogP contribution in [0, 0.1) is 0 Å². The van der Waals surface area contributed by atoms with Gasteiger partial charge in [0.1, 0.15) is 5.78 Å². The normalized spacial score (nSPS) is 12.4. The summed E-state index contributed by atoms with van der Waals surface area (Å²) >= 11 is 0. The van der Waals surface area contributed by atoms with E-state index in [-0.39, 0.29) is 17.8 Å². The van der Waals surface area contributed by atoms with Crippen molar-refractivity contribution >= 4 is 16.6 Å². The van der Waals surface area contributed by atoms with E-state index in [2.05, 4.69) is 24.3 Å². The van der Waals surface area contributed by atoms with Crippen molar-refractivity contribution in [3.8, 4) is 0 Å². The van der Waals surface area contributed by atoms with E-state index in [1.165, 1.54) is 5.39 Å². The van der Waals surface area contributed by atoms with Crippen molar-refractivity contribution in [1.82, 2.24) is 0 Å². The van der Waals surface area contributed by atoms with E-state index in [9.17, 15) is 4.79 Å². The molecule has 3 aromatic carbocycles. The van der Waals surface area contributed by atoms with Gasteiger partial charge in [-0.15, -0.1) is 0 Å². The maximum absolute atomic E-state index is 12.9. The Balaban J connectivity index is 1.76. The predicted octanol–water partition coefficient (Wildman–Crippen LogP) is 4.62. The Labute approximate surface area is 161 Å². The SMILES string of the molecule is CC(C)OCc1cccc([C@@H](CN)C(=O)Cc2ccc3ccccc3c2)c1. The van der Waals surface area contributed by atoms with Gasteiger partial charge in [0.05, 0.1) is 18.6 Å². The molecular formula is C24H27NO2. The van der Waals surface area contributed by atoms with Crippen molar-refractivity contribution in [1.29, 1.82) is 0 Å². The van der Waals surface area contributed by atoms with Crippen LogP contribution in [0.2, 0.25) is 0 Å². The number of benzene rings is 3. The average molecular weight is 361 g/mol. The number of carbonyl (C=O) groups is 1. The Hall–Kier alpha value is -2.49. The van der Waals surface area contributed by atoms with Gasteiger partial charge in [-0.3, -0.25) is 4.79 Å². The molecule has 0 bridgehead atoms. The highest BCUT2D eigenvalue weighted by Crippen LogP contribution is 2.22. The fourth-order valence-corrected chi connectivity index (χ4v) is 3.29. The molecule has 0 saturated heterocycles. The predicted molar refractivity (Wildman–Crippen MR) is 111 cm³/mol. The smallest absolute Gasteiger partial charge is 0.145 e. The Bertz CT molecular complexity index is 917. The van der Waals surface area contributed by atoms with E-state index in [1.807, 2.05) is 56.3 Å². The van der Waals surface area contributed by atoms with Crippen molar-refractivity contribution in [3.63, 3.8) is 0 Å². The highest BCUT2D eigenvalue weighted by molar-refractivity contribution is 5.90. The molecule has 2 N–H and O–H groups in total. The topological polar surface area (TPSA) is 52.3 Å². The first-order valence-corrected chi connectivity index (χ1v) is 9.47. The van der Waals surface area contributed by atoms with Gasteiger partial charge >= 0.3 is 0 Å². The molecule has 0 radical (unpaired) electrons. The second kappa shape index (κ2) is 8.94. The van der Waals surface area contributed by atoms with Crippen LogP contribution in [0.4, 0.5) is 0 Å². The van der Waals surface area contributed by atoms with Crippen LogP contribution in [0.5, 0.6) is 0 Å². The van der Waals surface area contributed by atoms with Crippen LogP contribution in [0.25, 0.3) is 10.8 Å². The average Bonchev–Trinajstić information content (AvgIpc) is 2.67. The van der Waals surface area contributed by atoms with E-state index in [0.29, 0.717) is 19.6 Å². The third kappa shape index (κ3) is 5.03. The second-order valence-electron chi connectivity index (χ2n) is 7.22. The number of hydrogen-bond acceptors (Lipinski definition) is 3. The Morgan fingerprint density at radius 1 is 0.926 bits per heavy atom. The van der Waals surface area contributed by atoms with Gasteiger partial charge in [-0.25, -0.2) is 0 Å². The van der Waals surface area contributed by atoms with Gasteiger partial charge in [-0.1, -0.05) is 66.7 Å². The van der Waals surface area contributed by atoms with E-state index in [0.717, 1.165) is 22.1 Å². The van der Waals surface area contributed by atoms with Crippen molar-refractivity contribution in [2.24, 2.45) is 5.73 Å². The Morgan fingerprint density at radius 3 is 2.44 bits per heavy atom. The molecule has 0 aromatic heterocycles. The molecule has 27 heavy (non-hydrogen) atoms. The van der Waals surface area contributed by atoms with Crippen molar-refractivity contribution in [2.75, 3.05) is 6.54 Å². The summed E-state index contributed by atoms with van der Waals surface area (Å²) in [7, 11) is 0. The van der Waals surface area contributed by atoms with Gasteiger partial charge < -0.3 is 10.5 Å². The first kappa shape index (κ1) is 19.3. The van der Waals surface area contributed by atoms with Crippen molar-refractivity contribution in [3.05, 3.63) is 83.4 Å². The first-order chi connectivity index (χ1) is 13.1. The third-order valence-electron chi connectivity index (χ3n) is 4.75. The molecule has 0 aliphatic rings. The molecule has 3 aromatic rings. The largest absolute Gasteiger partial charge is 0.374 e. The van der Waals surface area contributed by atoms with Gasteiger partial charge in [-0.2, -0.15) is 0 Å². The molecule has 0 fully saturated rings. The molecule has 0 heterocycles. The molecule has 0 unspecified atom stereocenters. The van der Waals surface area contributed by atoms with Gasteiger partial charge in [0, 0.05) is 13.0 Å². The minimum absolute atomic E-state index is 0.148. The highest BCUT2D eigenvalue weighted by atomic mass is 16.5. The molecule has 3 nitrogen and oxygen atoms in total. The van der Waals surface area contributed by atoms with Crippen LogP contribution in [0.15, 0.2) is 66.7 Å². The lowest BCUT2D eigenvalue weighted by molar-refractivity contribution is -0.119. The number of fused-ring (bicyclic) bond motifs is 1. The fourth-order valence-electron chi connectivity index (χ4n) is 3.29. The van der Waals surface area contributed by atoms with Gasteiger partial charge in [0.2, 0.25) is 0 Å². The lowest BCUT2D eigenvalue weighted by Gasteiger charge is -2.16. The van der Waals surface area contributed by atoms with Crippen molar-refractivity contribution in [2.45, 2.75) is 38.9 Å². The molecule has 0 amide bonds. The van der Waals surface area contributed by atoms with Crippen LogP contribution < -0.4 is 5.73 Å². The number of nitrogens with two attached hydrogens (primary N) is 1. The zero-order chi connectivity index (χ0) is 19.2. The van der Waals surface area contributed by atoms with E-state index >= 15 is 0 Å². The molecule has 0 aliphatic heterocycles. The highest BCUT2D eigenvalue weighted by Gasteiger charge is 2.19. The van der Waals surface area contributed by atoms with Gasteiger partial charge in [0.25, 0.3) is 0 Å². The summed E-state index contributed by atoms with van der Waals surface area (Å²) < 4.78 is 5.68. The van der Waals surface area contributed by atoms with E-state index in [4.69, 9.17) is 10.5 Å².